The molecule has 1 aliphatic heterocycles. The molecule has 1 unspecified atom stereocenters. The third-order valence-corrected chi connectivity index (χ3v) is 2.57. The molecule has 0 aliphatic carbocycles. The van der Waals surface area contributed by atoms with E-state index in [4.69, 9.17) is 5.21 Å². The van der Waals surface area contributed by atoms with Crippen molar-refractivity contribution < 1.29 is 5.21 Å². The van der Waals surface area contributed by atoms with Crippen LogP contribution < -0.4 is 5.32 Å². The minimum Gasteiger partial charge on any atom is -0.411 e. The molecule has 2 N–H and O–H groups in total. The Kier molecular flexibility index (Phi) is 2.79. The lowest BCUT2D eigenvalue weighted by Gasteiger charge is -2.11. The van der Waals surface area contributed by atoms with Crippen molar-refractivity contribution in [3.8, 4) is 0 Å². The van der Waals surface area contributed by atoms with Crippen LogP contribution in [0.3, 0.4) is 0 Å². The summed E-state index contributed by atoms with van der Waals surface area (Å²) < 4.78 is 0. The van der Waals surface area contributed by atoms with E-state index in [1.807, 2.05) is 30.3 Å². The Morgan fingerprint density at radius 2 is 2.14 bits per heavy atom. The Morgan fingerprint density at radius 3 is 2.71 bits per heavy atom. The second kappa shape index (κ2) is 4.24. The van der Waals surface area contributed by atoms with Crippen LogP contribution in [0.25, 0.3) is 0 Å². The van der Waals surface area contributed by atoms with Gasteiger partial charge in [-0.1, -0.05) is 35.5 Å². The molecule has 0 amide bonds. The Hall–Kier alpha value is -1.35. The molecule has 0 bridgehead atoms. The van der Waals surface area contributed by atoms with Crippen molar-refractivity contribution in [1.82, 2.24) is 5.32 Å². The Labute approximate surface area is 83.4 Å². The molecule has 3 heteroatoms. The summed E-state index contributed by atoms with van der Waals surface area (Å²) in [6.45, 7) is 1.01. The lowest BCUT2D eigenvalue weighted by molar-refractivity contribution is 0.316. The Morgan fingerprint density at radius 1 is 1.36 bits per heavy atom. The highest BCUT2D eigenvalue weighted by Gasteiger charge is 2.21. The summed E-state index contributed by atoms with van der Waals surface area (Å²) >= 11 is 0. The first kappa shape index (κ1) is 9.21. The first-order chi connectivity index (χ1) is 6.92. The molecule has 0 saturated carbocycles. The van der Waals surface area contributed by atoms with Gasteiger partial charge in [0.2, 0.25) is 0 Å². The van der Waals surface area contributed by atoms with Crippen molar-refractivity contribution in [3.63, 3.8) is 0 Å². The summed E-state index contributed by atoms with van der Waals surface area (Å²) in [5.41, 5.74) is 1.75. The molecule has 1 aliphatic rings. The second-order valence-corrected chi connectivity index (χ2v) is 3.50. The van der Waals surface area contributed by atoms with Crippen LogP contribution in [0.2, 0.25) is 0 Å². The summed E-state index contributed by atoms with van der Waals surface area (Å²) in [7, 11) is 0. The minimum atomic E-state index is 0.211. The van der Waals surface area contributed by atoms with E-state index < -0.39 is 0 Å². The highest BCUT2D eigenvalue weighted by atomic mass is 16.4. The van der Waals surface area contributed by atoms with Gasteiger partial charge in [-0.15, -0.1) is 0 Å². The van der Waals surface area contributed by atoms with Crippen LogP contribution in [-0.2, 0) is 0 Å². The van der Waals surface area contributed by atoms with E-state index in [2.05, 4.69) is 10.5 Å². The minimum absolute atomic E-state index is 0.211. The van der Waals surface area contributed by atoms with Crippen LogP contribution in [0, 0.1) is 0 Å². The highest BCUT2D eigenvalue weighted by Crippen LogP contribution is 2.12. The zero-order chi connectivity index (χ0) is 9.80. The molecule has 1 fully saturated rings. The molecule has 2 rings (SSSR count). The van der Waals surface area contributed by atoms with Gasteiger partial charge in [0.05, 0.1) is 6.04 Å². The Bertz CT molecular complexity index is 315. The summed E-state index contributed by atoms with van der Waals surface area (Å²) in [5, 5.41) is 15.7. The predicted molar refractivity (Wildman–Crippen MR) is 55.8 cm³/mol. The van der Waals surface area contributed by atoms with Gasteiger partial charge < -0.3 is 10.5 Å². The van der Waals surface area contributed by atoms with Gasteiger partial charge >= 0.3 is 0 Å². The van der Waals surface area contributed by atoms with Gasteiger partial charge in [0, 0.05) is 5.56 Å². The van der Waals surface area contributed by atoms with Crippen LogP contribution in [0.1, 0.15) is 18.4 Å². The summed E-state index contributed by atoms with van der Waals surface area (Å²) in [4.78, 5) is 0. The molecular formula is C11H14N2O. The van der Waals surface area contributed by atoms with Gasteiger partial charge in [-0.25, -0.2) is 0 Å². The number of rotatable bonds is 2. The third-order valence-electron chi connectivity index (χ3n) is 2.57. The standard InChI is InChI=1S/C11H14N2O/c14-13-11(10-7-4-8-12-10)9-5-2-1-3-6-9/h1-3,5-6,10,12,14H,4,7-8H2. The smallest absolute Gasteiger partial charge is 0.104 e. The normalized spacial score (nSPS) is 22.6. The maximum atomic E-state index is 8.99. The molecule has 1 heterocycles. The molecule has 3 nitrogen and oxygen atoms in total. The fraction of sp³-hybridized carbons (Fsp3) is 0.364. The van der Waals surface area contributed by atoms with E-state index in [0.29, 0.717) is 0 Å². The quantitative estimate of drug-likeness (QED) is 0.423. The molecule has 0 radical (unpaired) electrons. The van der Waals surface area contributed by atoms with Gasteiger partial charge in [0.25, 0.3) is 0 Å². The first-order valence-corrected chi connectivity index (χ1v) is 4.92. The number of nitrogens with one attached hydrogen (secondary N) is 1. The monoisotopic (exact) mass is 190 g/mol. The molecule has 1 aromatic carbocycles. The van der Waals surface area contributed by atoms with Crippen molar-refractivity contribution in [2.24, 2.45) is 5.16 Å². The van der Waals surface area contributed by atoms with Gasteiger partial charge in [-0.05, 0) is 19.4 Å². The molecule has 1 atom stereocenters. The van der Waals surface area contributed by atoms with Gasteiger partial charge in [-0.3, -0.25) is 0 Å². The number of hydrogen-bond acceptors (Lipinski definition) is 3. The lowest BCUT2D eigenvalue weighted by Crippen LogP contribution is -2.31. The fourth-order valence-corrected chi connectivity index (χ4v) is 1.86. The molecule has 14 heavy (non-hydrogen) atoms. The van der Waals surface area contributed by atoms with E-state index >= 15 is 0 Å². The Balaban J connectivity index is 2.22. The van der Waals surface area contributed by atoms with Crippen LogP contribution >= 0.6 is 0 Å². The van der Waals surface area contributed by atoms with Gasteiger partial charge in [-0.2, -0.15) is 0 Å². The molecule has 0 spiro atoms. The van der Waals surface area contributed by atoms with Crippen molar-refractivity contribution in [3.05, 3.63) is 35.9 Å². The number of hydrogen-bond donors (Lipinski definition) is 2. The average Bonchev–Trinajstić information content (AvgIpc) is 2.74. The zero-order valence-electron chi connectivity index (χ0n) is 7.98. The van der Waals surface area contributed by atoms with E-state index in [1.165, 1.54) is 0 Å². The highest BCUT2D eigenvalue weighted by molar-refractivity contribution is 6.04. The van der Waals surface area contributed by atoms with E-state index in [0.717, 1.165) is 30.7 Å². The van der Waals surface area contributed by atoms with Gasteiger partial charge in [0.1, 0.15) is 5.71 Å². The molecule has 0 aromatic heterocycles. The van der Waals surface area contributed by atoms with Crippen LogP contribution in [0.5, 0.6) is 0 Å². The lowest BCUT2D eigenvalue weighted by atomic mass is 10.0. The van der Waals surface area contributed by atoms with E-state index in [9.17, 15) is 0 Å². The number of benzene rings is 1. The summed E-state index contributed by atoms with van der Waals surface area (Å²) in [6, 6.07) is 10.0. The largest absolute Gasteiger partial charge is 0.411 e. The average molecular weight is 190 g/mol. The van der Waals surface area contributed by atoms with Crippen LogP contribution in [-0.4, -0.2) is 23.5 Å². The van der Waals surface area contributed by atoms with Crippen LogP contribution in [0.4, 0.5) is 0 Å². The molecule has 1 saturated heterocycles. The van der Waals surface area contributed by atoms with Crippen LogP contribution in [0.15, 0.2) is 35.5 Å². The van der Waals surface area contributed by atoms with Crippen molar-refractivity contribution in [2.75, 3.05) is 6.54 Å². The summed E-state index contributed by atoms with van der Waals surface area (Å²) in [6.07, 6.45) is 2.20. The maximum Gasteiger partial charge on any atom is 0.104 e. The number of oxime groups is 1. The summed E-state index contributed by atoms with van der Waals surface area (Å²) in [5.74, 6) is 0. The molecule has 1 aromatic rings. The van der Waals surface area contributed by atoms with E-state index in [-0.39, 0.29) is 6.04 Å². The topological polar surface area (TPSA) is 44.6 Å². The molecule has 74 valence electrons. The third kappa shape index (κ3) is 1.77. The second-order valence-electron chi connectivity index (χ2n) is 3.50. The van der Waals surface area contributed by atoms with Gasteiger partial charge in [0.15, 0.2) is 0 Å². The zero-order valence-corrected chi connectivity index (χ0v) is 7.98. The SMILES string of the molecule is ON=C(c1ccccc1)C1CCCN1. The van der Waals surface area contributed by atoms with E-state index in [1.54, 1.807) is 0 Å². The van der Waals surface area contributed by atoms with Crippen molar-refractivity contribution in [1.29, 1.82) is 0 Å². The van der Waals surface area contributed by atoms with Crippen molar-refractivity contribution in [2.45, 2.75) is 18.9 Å². The fourth-order valence-electron chi connectivity index (χ4n) is 1.86. The molecular weight excluding hydrogens is 176 g/mol. The first-order valence-electron chi connectivity index (χ1n) is 4.92. The maximum absolute atomic E-state index is 8.99. The van der Waals surface area contributed by atoms with Crippen molar-refractivity contribution >= 4 is 5.71 Å². The number of nitrogens with zero attached hydrogens (tertiary/aromatic N) is 1. The predicted octanol–water partition coefficient (Wildman–Crippen LogP) is 1.62.